The average molecular weight is 743 g/mol. The van der Waals surface area contributed by atoms with Crippen molar-refractivity contribution in [2.45, 2.75) is 68.5 Å². The van der Waals surface area contributed by atoms with Crippen molar-refractivity contribution in [1.29, 1.82) is 0 Å². The van der Waals surface area contributed by atoms with Gasteiger partial charge >= 0.3 is 5.97 Å². The molecule has 2 aliphatic rings. The Hall–Kier alpha value is -5.09. The maximum absolute atomic E-state index is 15.0. The van der Waals surface area contributed by atoms with Crippen molar-refractivity contribution in [1.82, 2.24) is 14.3 Å². The highest BCUT2D eigenvalue weighted by Gasteiger charge is 2.48. The van der Waals surface area contributed by atoms with E-state index in [1.807, 2.05) is 0 Å². The standard InChI is InChI=1S/C36H34F4N4O7S/c1-50-33-29(37)31(39)34(32(40)30(33)38)52(48,49)44-15-14-27(44)35(45)43(19-23-17-42-26(18-41-23)22-10-6-3-7-11-22)24-12-13-25(36(46)47)28(16-24)51-20-21-8-4-2-5-9-21/h2,4-5,8-9,12-13,16-18,22,27H,3,6-7,10-11,14-15,19-20H2,1H3,(H,46,47). The summed E-state index contributed by atoms with van der Waals surface area (Å²) in [7, 11) is -4.58. The maximum atomic E-state index is 15.0. The van der Waals surface area contributed by atoms with Gasteiger partial charge in [-0.25, -0.2) is 22.0 Å². The smallest absolute Gasteiger partial charge is 0.339 e. The lowest BCUT2D eigenvalue weighted by Gasteiger charge is -2.41. The number of hydrogen-bond donors (Lipinski definition) is 1. The Morgan fingerprint density at radius 2 is 1.62 bits per heavy atom. The zero-order valence-electron chi connectivity index (χ0n) is 27.9. The first-order chi connectivity index (χ1) is 24.9. The van der Waals surface area contributed by atoms with Gasteiger partial charge in [0.15, 0.2) is 22.3 Å². The number of nitrogens with zero attached hydrogens (tertiary/aromatic N) is 4. The van der Waals surface area contributed by atoms with Gasteiger partial charge in [0, 0.05) is 30.4 Å². The van der Waals surface area contributed by atoms with Crippen LogP contribution in [0.15, 0.2) is 65.8 Å². The van der Waals surface area contributed by atoms with Crippen molar-refractivity contribution in [3.05, 3.63) is 107 Å². The van der Waals surface area contributed by atoms with Gasteiger partial charge in [-0.1, -0.05) is 49.6 Å². The Balaban J connectivity index is 1.36. The third-order valence-corrected chi connectivity index (χ3v) is 11.2. The molecule has 4 aromatic rings. The van der Waals surface area contributed by atoms with E-state index in [1.54, 1.807) is 36.5 Å². The molecule has 3 aromatic carbocycles. The molecule has 0 bridgehead atoms. The molecule has 274 valence electrons. The van der Waals surface area contributed by atoms with Gasteiger partial charge in [0.05, 0.1) is 31.2 Å². The number of aromatic nitrogens is 2. The van der Waals surface area contributed by atoms with Crippen molar-refractivity contribution < 1.29 is 50.1 Å². The second-order valence-corrected chi connectivity index (χ2v) is 14.3. The number of anilines is 1. The van der Waals surface area contributed by atoms with E-state index in [2.05, 4.69) is 14.7 Å². The third kappa shape index (κ3) is 7.17. The van der Waals surface area contributed by atoms with Gasteiger partial charge in [0.2, 0.25) is 27.6 Å². The van der Waals surface area contributed by atoms with Gasteiger partial charge in [-0.05, 0) is 37.0 Å². The van der Waals surface area contributed by atoms with Gasteiger partial charge in [0.25, 0.3) is 0 Å². The Bertz CT molecular complexity index is 2050. The van der Waals surface area contributed by atoms with Crippen molar-refractivity contribution in [3.63, 3.8) is 0 Å². The van der Waals surface area contributed by atoms with Crippen LogP contribution < -0.4 is 14.4 Å². The third-order valence-electron chi connectivity index (χ3n) is 9.29. The second kappa shape index (κ2) is 15.3. The highest BCUT2D eigenvalue weighted by atomic mass is 32.2. The molecular weight excluding hydrogens is 708 g/mol. The highest BCUT2D eigenvalue weighted by molar-refractivity contribution is 7.89. The Morgan fingerprint density at radius 3 is 2.19 bits per heavy atom. The van der Waals surface area contributed by atoms with Gasteiger partial charge in [0.1, 0.15) is 24.0 Å². The zero-order valence-corrected chi connectivity index (χ0v) is 28.7. The van der Waals surface area contributed by atoms with Crippen LogP contribution in [0, 0.1) is 23.3 Å². The number of carboxylic acid groups (broad SMARTS) is 1. The number of carboxylic acids is 1. The molecular formula is C36H34F4N4O7S. The van der Waals surface area contributed by atoms with Crippen molar-refractivity contribution in [2.24, 2.45) is 0 Å². The molecule has 1 aliphatic carbocycles. The van der Waals surface area contributed by atoms with Gasteiger partial charge < -0.3 is 19.5 Å². The molecule has 1 saturated heterocycles. The summed E-state index contributed by atoms with van der Waals surface area (Å²) in [5.41, 5.74) is 1.69. The normalized spacial score (nSPS) is 16.6. The second-order valence-electron chi connectivity index (χ2n) is 12.5. The van der Waals surface area contributed by atoms with E-state index in [0.29, 0.717) is 10.00 Å². The molecule has 1 amide bonds. The first kappa shape index (κ1) is 36.7. The van der Waals surface area contributed by atoms with Crippen LogP contribution in [-0.2, 0) is 28.0 Å². The number of methoxy groups -OCH3 is 1. The molecule has 11 nitrogen and oxygen atoms in total. The van der Waals surface area contributed by atoms with Crippen LogP contribution in [-0.4, -0.2) is 59.4 Å². The summed E-state index contributed by atoms with van der Waals surface area (Å²) < 4.78 is 97.0. The number of aromatic carboxylic acids is 1. The van der Waals surface area contributed by atoms with Gasteiger partial charge in [-0.2, -0.15) is 13.1 Å². The summed E-state index contributed by atoms with van der Waals surface area (Å²) in [6.07, 6.45) is 8.22. The lowest BCUT2D eigenvalue weighted by Crippen LogP contribution is -2.59. The molecule has 1 saturated carbocycles. The number of ether oxygens (including phenoxy) is 2. The molecule has 1 N–H and O–H groups in total. The first-order valence-corrected chi connectivity index (χ1v) is 17.9. The van der Waals surface area contributed by atoms with Crippen molar-refractivity contribution in [2.75, 3.05) is 18.6 Å². The first-order valence-electron chi connectivity index (χ1n) is 16.5. The van der Waals surface area contributed by atoms with E-state index in [-0.39, 0.29) is 42.5 Å². The molecule has 2 heterocycles. The number of amides is 1. The maximum Gasteiger partial charge on any atom is 0.339 e. The minimum absolute atomic E-state index is 0.0205. The molecule has 0 spiro atoms. The number of carbonyl (C=O) groups is 2. The highest BCUT2D eigenvalue weighted by Crippen LogP contribution is 2.38. The van der Waals surface area contributed by atoms with Crippen LogP contribution >= 0.6 is 0 Å². The van der Waals surface area contributed by atoms with Crippen LogP contribution in [0.25, 0.3) is 0 Å². The van der Waals surface area contributed by atoms with E-state index in [1.165, 1.54) is 24.4 Å². The number of rotatable bonds is 12. The van der Waals surface area contributed by atoms with E-state index in [0.717, 1.165) is 55.4 Å². The minimum atomic E-state index is -5.33. The quantitative estimate of drug-likeness (QED) is 0.130. The fraction of sp³-hybridized carbons (Fsp3) is 0.333. The van der Waals surface area contributed by atoms with E-state index < -0.39 is 68.4 Å². The fourth-order valence-corrected chi connectivity index (χ4v) is 8.16. The fourth-order valence-electron chi connectivity index (χ4n) is 6.42. The lowest BCUT2D eigenvalue weighted by atomic mass is 9.87. The number of hydrogen-bond acceptors (Lipinski definition) is 8. The molecule has 16 heteroatoms. The predicted octanol–water partition coefficient (Wildman–Crippen LogP) is 6.36. The Labute approximate surface area is 296 Å². The Kier molecular flexibility index (Phi) is 10.8. The van der Waals surface area contributed by atoms with E-state index in [4.69, 9.17) is 4.74 Å². The van der Waals surface area contributed by atoms with Crippen LogP contribution in [0.3, 0.4) is 0 Å². The largest absolute Gasteiger partial charge is 0.491 e. The lowest BCUT2D eigenvalue weighted by molar-refractivity contribution is -0.125. The molecule has 1 atom stereocenters. The van der Waals surface area contributed by atoms with Crippen molar-refractivity contribution >= 4 is 27.6 Å². The molecule has 52 heavy (non-hydrogen) atoms. The van der Waals surface area contributed by atoms with Crippen molar-refractivity contribution in [3.8, 4) is 11.5 Å². The molecule has 2 fully saturated rings. The summed E-state index contributed by atoms with van der Waals surface area (Å²) in [5, 5.41) is 9.88. The topological polar surface area (TPSA) is 139 Å². The molecule has 1 unspecified atom stereocenters. The number of halogens is 4. The van der Waals surface area contributed by atoms with E-state index >= 15 is 8.78 Å². The zero-order chi connectivity index (χ0) is 37.2. The Morgan fingerprint density at radius 1 is 0.923 bits per heavy atom. The summed E-state index contributed by atoms with van der Waals surface area (Å²) in [4.78, 5) is 34.7. The van der Waals surface area contributed by atoms with Gasteiger partial charge in [-0.15, -0.1) is 0 Å². The molecule has 1 aromatic heterocycles. The number of benzene rings is 3. The summed E-state index contributed by atoms with van der Waals surface area (Å²) >= 11 is 0. The summed E-state index contributed by atoms with van der Waals surface area (Å²) in [5.74, 6) is -12.0. The SMILES string of the molecule is COc1c(F)c(F)c(S(=O)(=O)N2CCC2C(=O)N(Cc2cnc(C3CCCCC3)cn2)c2ccc(C(=O)O)c(OCc3ccccc3)c2)c(F)c1F. The average Bonchev–Trinajstić information content (AvgIpc) is 3.12. The van der Waals surface area contributed by atoms with Crippen LogP contribution in [0.2, 0.25) is 0 Å². The summed E-state index contributed by atoms with van der Waals surface area (Å²) in [6, 6.07) is 11.2. The number of carbonyl (C=O) groups excluding carboxylic acids is 1. The van der Waals surface area contributed by atoms with Gasteiger partial charge in [-0.3, -0.25) is 14.8 Å². The number of sulfonamides is 1. The molecule has 6 rings (SSSR count). The predicted molar refractivity (Wildman–Crippen MR) is 178 cm³/mol. The van der Waals surface area contributed by atoms with Crippen LogP contribution in [0.5, 0.6) is 11.5 Å². The van der Waals surface area contributed by atoms with E-state index in [9.17, 15) is 31.9 Å². The van der Waals surface area contributed by atoms with Crippen LogP contribution in [0.4, 0.5) is 23.2 Å². The van der Waals surface area contributed by atoms with Crippen LogP contribution in [0.1, 0.15) is 71.8 Å². The minimum Gasteiger partial charge on any atom is -0.491 e. The molecule has 1 aliphatic heterocycles. The molecule has 0 radical (unpaired) electrons. The monoisotopic (exact) mass is 742 g/mol. The summed E-state index contributed by atoms with van der Waals surface area (Å²) in [6.45, 7) is -0.701.